The Morgan fingerprint density at radius 3 is 2.32 bits per heavy atom. The molecule has 9 heteroatoms. The first-order valence-electron chi connectivity index (χ1n) is 7.26. The zero-order chi connectivity index (χ0) is 17.8. The number of nitrogens with zero attached hydrogens (tertiary/aromatic N) is 3. The van der Waals surface area contributed by atoms with Crippen molar-refractivity contribution in [2.75, 3.05) is 26.6 Å². The molecule has 2 heterocycles. The molecule has 0 aliphatic rings. The zero-order valence-electron chi connectivity index (χ0n) is 13.8. The first kappa shape index (κ1) is 16.8. The lowest BCUT2D eigenvalue weighted by atomic mass is 10.1. The molecule has 8 nitrogen and oxygen atoms in total. The van der Waals surface area contributed by atoms with Gasteiger partial charge < -0.3 is 19.5 Å². The molecule has 1 aromatic carbocycles. The van der Waals surface area contributed by atoms with Crippen molar-refractivity contribution in [1.82, 2.24) is 20.2 Å². The number of H-pyrrole nitrogens is 1. The highest BCUT2D eigenvalue weighted by Crippen LogP contribution is 2.41. The molecule has 2 N–H and O–H groups in total. The molecule has 0 aliphatic carbocycles. The molecule has 0 radical (unpaired) electrons. The lowest BCUT2D eigenvalue weighted by molar-refractivity contribution is 0.324. The monoisotopic (exact) mass is 361 g/mol. The summed E-state index contributed by atoms with van der Waals surface area (Å²) in [6.45, 7) is 0. The van der Waals surface area contributed by atoms with Crippen LogP contribution in [0.3, 0.4) is 0 Å². The summed E-state index contributed by atoms with van der Waals surface area (Å²) in [4.78, 5) is 7.90. The van der Waals surface area contributed by atoms with E-state index in [-0.39, 0.29) is 5.28 Å². The average Bonchev–Trinajstić information content (AvgIpc) is 3.08. The first-order chi connectivity index (χ1) is 12.1. The maximum absolute atomic E-state index is 5.78. The van der Waals surface area contributed by atoms with Crippen LogP contribution in [-0.2, 0) is 0 Å². The number of ether oxygens (including phenoxy) is 3. The van der Waals surface area contributed by atoms with E-state index < -0.39 is 0 Å². The number of hydrogen-bond donors (Lipinski definition) is 2. The van der Waals surface area contributed by atoms with Gasteiger partial charge in [0.25, 0.3) is 0 Å². The standard InChI is InChI=1S/C16H16ClN5O3/c1-23-11-6-9(7-12(24-2)15(11)25-3)10-8-14(22-21-10)19-13-4-5-18-16(17)20-13/h4-8H,1-3H3,(H2,18,19,20,21,22). The number of aromatic nitrogens is 4. The van der Waals surface area contributed by atoms with Crippen molar-refractivity contribution in [3.05, 3.63) is 35.7 Å². The number of methoxy groups -OCH3 is 3. The summed E-state index contributed by atoms with van der Waals surface area (Å²) in [5, 5.41) is 10.4. The van der Waals surface area contributed by atoms with E-state index in [4.69, 9.17) is 25.8 Å². The lowest BCUT2D eigenvalue weighted by Gasteiger charge is -2.13. The van der Waals surface area contributed by atoms with Gasteiger partial charge in [-0.15, -0.1) is 0 Å². The van der Waals surface area contributed by atoms with Gasteiger partial charge in [-0.2, -0.15) is 5.10 Å². The molecule has 0 bridgehead atoms. The first-order valence-corrected chi connectivity index (χ1v) is 7.63. The third-order valence-electron chi connectivity index (χ3n) is 3.44. The Morgan fingerprint density at radius 1 is 1.00 bits per heavy atom. The zero-order valence-corrected chi connectivity index (χ0v) is 14.6. The van der Waals surface area contributed by atoms with E-state index in [0.29, 0.717) is 28.9 Å². The predicted octanol–water partition coefficient (Wildman–Crippen LogP) is 3.29. The van der Waals surface area contributed by atoms with E-state index in [9.17, 15) is 0 Å². The van der Waals surface area contributed by atoms with Gasteiger partial charge in [0.1, 0.15) is 5.82 Å². The Hall–Kier alpha value is -3.00. The summed E-state index contributed by atoms with van der Waals surface area (Å²) in [6.07, 6.45) is 1.56. The second-order valence-electron chi connectivity index (χ2n) is 4.92. The van der Waals surface area contributed by atoms with E-state index >= 15 is 0 Å². The number of anilines is 2. The van der Waals surface area contributed by atoms with E-state index in [2.05, 4.69) is 25.5 Å². The summed E-state index contributed by atoms with van der Waals surface area (Å²) in [6, 6.07) is 7.19. The summed E-state index contributed by atoms with van der Waals surface area (Å²) in [5.74, 6) is 2.77. The van der Waals surface area contributed by atoms with Crippen molar-refractivity contribution in [2.45, 2.75) is 0 Å². The maximum atomic E-state index is 5.78. The topological polar surface area (TPSA) is 94.2 Å². The summed E-state index contributed by atoms with van der Waals surface area (Å²) in [7, 11) is 4.70. The molecule has 25 heavy (non-hydrogen) atoms. The second-order valence-corrected chi connectivity index (χ2v) is 5.25. The van der Waals surface area contributed by atoms with Crippen LogP contribution < -0.4 is 19.5 Å². The highest BCUT2D eigenvalue weighted by molar-refractivity contribution is 6.28. The average molecular weight is 362 g/mol. The van der Waals surface area contributed by atoms with E-state index in [1.807, 2.05) is 18.2 Å². The Balaban J connectivity index is 1.91. The number of hydrogen-bond acceptors (Lipinski definition) is 7. The molecule has 2 aromatic heterocycles. The highest BCUT2D eigenvalue weighted by atomic mass is 35.5. The molecule has 0 fully saturated rings. The molecule has 3 aromatic rings. The Morgan fingerprint density at radius 2 is 1.72 bits per heavy atom. The third kappa shape index (κ3) is 3.58. The number of nitrogens with one attached hydrogen (secondary N) is 2. The van der Waals surface area contributed by atoms with Crippen LogP contribution in [0.2, 0.25) is 5.28 Å². The van der Waals surface area contributed by atoms with Crippen molar-refractivity contribution in [1.29, 1.82) is 0 Å². The van der Waals surface area contributed by atoms with Crippen molar-refractivity contribution >= 4 is 23.2 Å². The highest BCUT2D eigenvalue weighted by Gasteiger charge is 2.15. The minimum Gasteiger partial charge on any atom is -0.493 e. The van der Waals surface area contributed by atoms with Crippen LogP contribution in [-0.4, -0.2) is 41.5 Å². The van der Waals surface area contributed by atoms with Gasteiger partial charge in [0.05, 0.1) is 27.0 Å². The van der Waals surface area contributed by atoms with Crippen molar-refractivity contribution in [3.8, 4) is 28.5 Å². The molecule has 0 amide bonds. The molecular formula is C16H16ClN5O3. The lowest BCUT2D eigenvalue weighted by Crippen LogP contribution is -1.95. The van der Waals surface area contributed by atoms with E-state index in [1.54, 1.807) is 33.6 Å². The fourth-order valence-electron chi connectivity index (χ4n) is 2.31. The molecule has 3 rings (SSSR count). The largest absolute Gasteiger partial charge is 0.493 e. The maximum Gasteiger partial charge on any atom is 0.224 e. The van der Waals surface area contributed by atoms with Gasteiger partial charge in [-0.05, 0) is 29.8 Å². The van der Waals surface area contributed by atoms with Crippen LogP contribution in [0.25, 0.3) is 11.3 Å². The molecule has 130 valence electrons. The normalized spacial score (nSPS) is 10.4. The second kappa shape index (κ2) is 7.27. The molecule has 0 spiro atoms. The van der Waals surface area contributed by atoms with Crippen LogP contribution in [0.15, 0.2) is 30.5 Å². The van der Waals surface area contributed by atoms with Crippen LogP contribution in [0.4, 0.5) is 11.6 Å². The SMILES string of the molecule is COc1cc(-c2cc(Nc3ccnc(Cl)n3)n[nH]2)cc(OC)c1OC. The molecular weight excluding hydrogens is 346 g/mol. The summed E-state index contributed by atoms with van der Waals surface area (Å²) >= 11 is 5.78. The molecule has 0 saturated heterocycles. The molecule has 0 saturated carbocycles. The Kier molecular flexibility index (Phi) is 4.90. The number of aromatic amines is 1. The molecule has 0 aliphatic heterocycles. The number of halogens is 1. The van der Waals surface area contributed by atoms with Gasteiger partial charge in [0, 0.05) is 17.8 Å². The van der Waals surface area contributed by atoms with Gasteiger partial charge in [-0.25, -0.2) is 9.97 Å². The van der Waals surface area contributed by atoms with E-state index in [0.717, 1.165) is 11.3 Å². The van der Waals surface area contributed by atoms with E-state index in [1.165, 1.54) is 0 Å². The Bertz CT molecular complexity index is 859. The van der Waals surface area contributed by atoms with Crippen LogP contribution in [0.1, 0.15) is 0 Å². The van der Waals surface area contributed by atoms with Crippen LogP contribution in [0, 0.1) is 0 Å². The number of benzene rings is 1. The number of rotatable bonds is 6. The van der Waals surface area contributed by atoms with Crippen LogP contribution in [0.5, 0.6) is 17.2 Å². The van der Waals surface area contributed by atoms with Crippen molar-refractivity contribution in [2.24, 2.45) is 0 Å². The van der Waals surface area contributed by atoms with Gasteiger partial charge >= 0.3 is 0 Å². The third-order valence-corrected chi connectivity index (χ3v) is 3.62. The van der Waals surface area contributed by atoms with Gasteiger partial charge in [-0.3, -0.25) is 5.10 Å². The Labute approximate surface area is 149 Å². The molecule has 0 unspecified atom stereocenters. The predicted molar refractivity (Wildman–Crippen MR) is 94.0 cm³/mol. The van der Waals surface area contributed by atoms with Gasteiger partial charge in [0.2, 0.25) is 11.0 Å². The minimum absolute atomic E-state index is 0.158. The fourth-order valence-corrected chi connectivity index (χ4v) is 2.45. The van der Waals surface area contributed by atoms with Gasteiger partial charge in [-0.1, -0.05) is 0 Å². The van der Waals surface area contributed by atoms with Crippen molar-refractivity contribution in [3.63, 3.8) is 0 Å². The molecule has 0 atom stereocenters. The fraction of sp³-hybridized carbons (Fsp3) is 0.188. The van der Waals surface area contributed by atoms with Crippen LogP contribution >= 0.6 is 11.6 Å². The smallest absolute Gasteiger partial charge is 0.224 e. The minimum atomic E-state index is 0.158. The van der Waals surface area contributed by atoms with Gasteiger partial charge in [0.15, 0.2) is 17.3 Å². The summed E-state index contributed by atoms with van der Waals surface area (Å²) < 4.78 is 16.1. The quantitative estimate of drug-likeness (QED) is 0.650. The van der Waals surface area contributed by atoms with Crippen molar-refractivity contribution < 1.29 is 14.2 Å². The summed E-state index contributed by atoms with van der Waals surface area (Å²) in [5.41, 5.74) is 1.60.